The lowest BCUT2D eigenvalue weighted by atomic mass is 10.1. The Balaban J connectivity index is 1.65. The number of rotatable bonds is 3. The van der Waals surface area contributed by atoms with Crippen molar-refractivity contribution in [2.24, 2.45) is 0 Å². The zero-order valence-corrected chi connectivity index (χ0v) is 11.1. The molecule has 1 aliphatic rings. The molecule has 1 fully saturated rings. The van der Waals surface area contributed by atoms with Gasteiger partial charge in [0.25, 0.3) is 5.91 Å². The smallest absolute Gasteiger partial charge is 0.289 e. The van der Waals surface area contributed by atoms with Crippen LogP contribution in [0.2, 0.25) is 0 Å². The van der Waals surface area contributed by atoms with Crippen LogP contribution in [0.4, 0.5) is 0 Å². The Morgan fingerprint density at radius 3 is 2.90 bits per heavy atom. The highest BCUT2D eigenvalue weighted by Crippen LogP contribution is 2.16. The number of aliphatic hydroxyl groups excluding tert-OH is 1. The van der Waals surface area contributed by atoms with Crippen molar-refractivity contribution in [2.45, 2.75) is 25.5 Å². The number of furan rings is 1. The molecule has 2 aromatic rings. The van der Waals surface area contributed by atoms with Gasteiger partial charge in [-0.3, -0.25) is 9.48 Å². The first-order chi connectivity index (χ1) is 9.72. The van der Waals surface area contributed by atoms with Crippen molar-refractivity contribution >= 4 is 5.91 Å². The Morgan fingerprint density at radius 2 is 2.20 bits per heavy atom. The summed E-state index contributed by atoms with van der Waals surface area (Å²) in [7, 11) is 0. The van der Waals surface area contributed by atoms with Crippen molar-refractivity contribution in [2.75, 3.05) is 13.1 Å². The molecular weight excluding hydrogens is 258 g/mol. The molecule has 6 nitrogen and oxygen atoms in total. The highest BCUT2D eigenvalue weighted by molar-refractivity contribution is 5.91. The summed E-state index contributed by atoms with van der Waals surface area (Å²) in [6.45, 7) is 1.67. The molecule has 1 amide bonds. The number of aromatic nitrogens is 2. The summed E-state index contributed by atoms with van der Waals surface area (Å²) in [4.78, 5) is 14.0. The van der Waals surface area contributed by atoms with Gasteiger partial charge in [-0.05, 0) is 31.0 Å². The van der Waals surface area contributed by atoms with Gasteiger partial charge in [-0.25, -0.2) is 0 Å². The first kappa shape index (κ1) is 12.9. The van der Waals surface area contributed by atoms with Crippen LogP contribution in [0.3, 0.4) is 0 Å². The highest BCUT2D eigenvalue weighted by Gasteiger charge is 2.24. The van der Waals surface area contributed by atoms with Gasteiger partial charge in [-0.1, -0.05) is 0 Å². The summed E-state index contributed by atoms with van der Waals surface area (Å²) in [5.74, 6) is 0.946. The van der Waals surface area contributed by atoms with E-state index in [0.717, 1.165) is 0 Å². The van der Waals surface area contributed by atoms with Crippen molar-refractivity contribution < 1.29 is 14.3 Å². The molecule has 0 aromatic carbocycles. The monoisotopic (exact) mass is 275 g/mol. The Bertz CT molecular complexity index is 568. The van der Waals surface area contributed by atoms with Crippen LogP contribution in [0, 0.1) is 0 Å². The van der Waals surface area contributed by atoms with E-state index in [2.05, 4.69) is 5.10 Å². The van der Waals surface area contributed by atoms with Crippen LogP contribution in [0.15, 0.2) is 35.0 Å². The van der Waals surface area contributed by atoms with Crippen molar-refractivity contribution in [3.63, 3.8) is 0 Å². The second-order valence-electron chi connectivity index (χ2n) is 4.99. The molecule has 1 aliphatic heterocycles. The Kier molecular flexibility index (Phi) is 3.56. The maximum absolute atomic E-state index is 12.3. The minimum Gasteiger partial charge on any atom is -0.454 e. The van der Waals surface area contributed by atoms with E-state index in [-0.39, 0.29) is 12.0 Å². The number of piperidine rings is 1. The zero-order valence-electron chi connectivity index (χ0n) is 11.1. The van der Waals surface area contributed by atoms with Crippen molar-refractivity contribution in [3.8, 4) is 0 Å². The fourth-order valence-electron chi connectivity index (χ4n) is 2.36. The minimum absolute atomic E-state index is 0.108. The average Bonchev–Trinajstić information content (AvgIpc) is 3.11. The molecule has 6 heteroatoms. The van der Waals surface area contributed by atoms with Crippen LogP contribution >= 0.6 is 0 Å². The number of amides is 1. The minimum atomic E-state index is -0.286. The quantitative estimate of drug-likeness (QED) is 0.911. The lowest BCUT2D eigenvalue weighted by molar-refractivity contribution is 0.0518. The van der Waals surface area contributed by atoms with Gasteiger partial charge in [-0.2, -0.15) is 5.10 Å². The molecule has 0 saturated carbocycles. The van der Waals surface area contributed by atoms with E-state index in [1.807, 2.05) is 12.3 Å². The molecule has 1 N–H and O–H groups in total. The number of likely N-dealkylation sites (tertiary alicyclic amines) is 1. The maximum Gasteiger partial charge on any atom is 0.289 e. The predicted molar refractivity (Wildman–Crippen MR) is 71.2 cm³/mol. The number of carbonyl (C=O) groups excluding carboxylic acids is 1. The van der Waals surface area contributed by atoms with Crippen LogP contribution in [0.25, 0.3) is 0 Å². The third-order valence-electron chi connectivity index (χ3n) is 3.50. The number of aliphatic hydroxyl groups is 1. The Morgan fingerprint density at radius 1 is 1.40 bits per heavy atom. The van der Waals surface area contributed by atoms with E-state index < -0.39 is 0 Å². The lowest BCUT2D eigenvalue weighted by Crippen LogP contribution is -2.39. The average molecular weight is 275 g/mol. The third-order valence-corrected chi connectivity index (χ3v) is 3.50. The number of carbonyl (C=O) groups is 1. The predicted octanol–water partition coefficient (Wildman–Crippen LogP) is 1.12. The molecule has 0 unspecified atom stereocenters. The van der Waals surface area contributed by atoms with E-state index in [4.69, 9.17) is 4.42 Å². The van der Waals surface area contributed by atoms with Gasteiger partial charge in [0.05, 0.1) is 12.6 Å². The van der Waals surface area contributed by atoms with Crippen LogP contribution in [-0.4, -0.2) is 44.9 Å². The molecule has 2 aromatic heterocycles. The molecule has 20 heavy (non-hydrogen) atoms. The fraction of sp³-hybridized carbons (Fsp3) is 0.429. The van der Waals surface area contributed by atoms with Crippen molar-refractivity contribution in [1.82, 2.24) is 14.7 Å². The molecular formula is C14H17N3O3. The summed E-state index contributed by atoms with van der Waals surface area (Å²) in [6.07, 6.45) is 4.52. The van der Waals surface area contributed by atoms with Crippen LogP contribution in [-0.2, 0) is 6.54 Å². The molecule has 106 valence electrons. The van der Waals surface area contributed by atoms with Crippen molar-refractivity contribution in [3.05, 3.63) is 42.1 Å². The second kappa shape index (κ2) is 5.50. The van der Waals surface area contributed by atoms with Crippen LogP contribution < -0.4 is 0 Å². The topological polar surface area (TPSA) is 71.5 Å². The largest absolute Gasteiger partial charge is 0.454 e. The van der Waals surface area contributed by atoms with Gasteiger partial charge >= 0.3 is 0 Å². The van der Waals surface area contributed by atoms with E-state index in [9.17, 15) is 9.90 Å². The number of nitrogens with zero attached hydrogens (tertiary/aromatic N) is 3. The van der Waals surface area contributed by atoms with Gasteiger partial charge in [0.15, 0.2) is 5.76 Å². The molecule has 0 aliphatic carbocycles. The molecule has 0 bridgehead atoms. The number of hydrogen-bond donors (Lipinski definition) is 1. The lowest BCUT2D eigenvalue weighted by Gasteiger charge is -2.28. The normalized spacial score (nSPS) is 16.6. The second-order valence-corrected chi connectivity index (χ2v) is 4.99. The summed E-state index contributed by atoms with van der Waals surface area (Å²) >= 11 is 0. The van der Waals surface area contributed by atoms with Crippen LogP contribution in [0.1, 0.15) is 29.2 Å². The van der Waals surface area contributed by atoms with E-state index in [0.29, 0.717) is 44.0 Å². The van der Waals surface area contributed by atoms with Gasteiger partial charge in [0, 0.05) is 25.5 Å². The molecule has 0 atom stereocenters. The van der Waals surface area contributed by atoms with Gasteiger partial charge in [0.2, 0.25) is 0 Å². The van der Waals surface area contributed by atoms with Crippen LogP contribution in [0.5, 0.6) is 0 Å². The summed E-state index contributed by atoms with van der Waals surface area (Å²) in [6, 6.07) is 5.34. The Hall–Kier alpha value is -2.08. The number of hydrogen-bond acceptors (Lipinski definition) is 4. The molecule has 3 rings (SSSR count). The van der Waals surface area contributed by atoms with Gasteiger partial charge in [-0.15, -0.1) is 0 Å². The summed E-state index contributed by atoms with van der Waals surface area (Å²) in [5.41, 5.74) is 0. The standard InChI is InChI=1S/C14H17N3O3/c18-11-4-8-16(9-5-11)14(19)13-3-2-12(20-13)10-17-7-1-6-15-17/h1-3,6-7,11,18H,4-5,8-10H2. The highest BCUT2D eigenvalue weighted by atomic mass is 16.4. The van der Waals surface area contributed by atoms with E-state index in [1.54, 1.807) is 27.9 Å². The van der Waals surface area contributed by atoms with Gasteiger partial charge in [0.1, 0.15) is 5.76 Å². The third kappa shape index (κ3) is 2.75. The Labute approximate surface area is 116 Å². The van der Waals surface area contributed by atoms with E-state index >= 15 is 0 Å². The molecule has 0 radical (unpaired) electrons. The summed E-state index contributed by atoms with van der Waals surface area (Å²) in [5, 5.41) is 13.6. The maximum atomic E-state index is 12.3. The first-order valence-corrected chi connectivity index (χ1v) is 6.76. The summed E-state index contributed by atoms with van der Waals surface area (Å²) < 4.78 is 7.32. The van der Waals surface area contributed by atoms with Crippen molar-refractivity contribution in [1.29, 1.82) is 0 Å². The fourth-order valence-corrected chi connectivity index (χ4v) is 2.36. The SMILES string of the molecule is O=C(c1ccc(Cn2cccn2)o1)N1CCC(O)CC1. The molecule has 1 saturated heterocycles. The first-order valence-electron chi connectivity index (χ1n) is 6.76. The molecule has 3 heterocycles. The van der Waals surface area contributed by atoms with Gasteiger partial charge < -0.3 is 14.4 Å². The zero-order chi connectivity index (χ0) is 13.9. The molecule has 0 spiro atoms. The van der Waals surface area contributed by atoms with E-state index in [1.165, 1.54) is 0 Å².